The number of rotatable bonds is 6. The summed E-state index contributed by atoms with van der Waals surface area (Å²) in [5.74, 6) is 2.36. The standard InChI is InChI=1S/C18H23NO2/c1-5-14-10-11-17(18(12-14)20-4)21-16-9-7-6-8-15(16)13(2)19-3/h6-13,19H,5H2,1-4H3. The van der Waals surface area contributed by atoms with Crippen molar-refractivity contribution in [2.75, 3.05) is 14.2 Å². The molecule has 1 atom stereocenters. The van der Waals surface area contributed by atoms with Gasteiger partial charge in [0.1, 0.15) is 5.75 Å². The first-order valence-electron chi connectivity index (χ1n) is 7.30. The first-order valence-corrected chi connectivity index (χ1v) is 7.30. The second kappa shape index (κ2) is 7.14. The van der Waals surface area contributed by atoms with E-state index in [2.05, 4.69) is 31.3 Å². The lowest BCUT2D eigenvalue weighted by Crippen LogP contribution is -2.13. The smallest absolute Gasteiger partial charge is 0.169 e. The van der Waals surface area contributed by atoms with Gasteiger partial charge >= 0.3 is 0 Å². The van der Waals surface area contributed by atoms with Crippen molar-refractivity contribution in [3.8, 4) is 17.2 Å². The molecule has 2 aromatic rings. The Balaban J connectivity index is 2.34. The molecule has 0 bridgehead atoms. The number of benzene rings is 2. The number of hydrogen-bond donors (Lipinski definition) is 1. The SMILES string of the molecule is CCc1ccc(Oc2ccccc2C(C)NC)c(OC)c1. The van der Waals surface area contributed by atoms with Crippen LogP contribution in [0.1, 0.15) is 31.0 Å². The van der Waals surface area contributed by atoms with Gasteiger partial charge in [-0.2, -0.15) is 0 Å². The van der Waals surface area contributed by atoms with E-state index in [0.29, 0.717) is 0 Å². The largest absolute Gasteiger partial charge is 0.493 e. The van der Waals surface area contributed by atoms with E-state index in [4.69, 9.17) is 9.47 Å². The maximum atomic E-state index is 6.09. The third-order valence-corrected chi connectivity index (χ3v) is 3.67. The van der Waals surface area contributed by atoms with Crippen molar-refractivity contribution < 1.29 is 9.47 Å². The van der Waals surface area contributed by atoms with Crippen molar-refractivity contribution in [3.05, 3.63) is 53.6 Å². The number of nitrogens with one attached hydrogen (secondary N) is 1. The third kappa shape index (κ3) is 3.56. The molecule has 0 amide bonds. The molecule has 3 heteroatoms. The lowest BCUT2D eigenvalue weighted by atomic mass is 10.1. The Bertz CT molecular complexity index is 596. The highest BCUT2D eigenvalue weighted by molar-refractivity contribution is 5.47. The quantitative estimate of drug-likeness (QED) is 0.857. The summed E-state index contributed by atoms with van der Waals surface area (Å²) in [4.78, 5) is 0. The van der Waals surface area contributed by atoms with Crippen LogP contribution in [0.3, 0.4) is 0 Å². The summed E-state index contributed by atoms with van der Waals surface area (Å²) in [5, 5.41) is 3.24. The molecule has 0 fully saturated rings. The Kier molecular flexibility index (Phi) is 5.23. The molecule has 0 spiro atoms. The minimum absolute atomic E-state index is 0.224. The van der Waals surface area contributed by atoms with Gasteiger partial charge in [-0.25, -0.2) is 0 Å². The van der Waals surface area contributed by atoms with Gasteiger partial charge in [-0.3, -0.25) is 0 Å². The minimum atomic E-state index is 0.224. The first kappa shape index (κ1) is 15.4. The molecule has 3 nitrogen and oxygen atoms in total. The van der Waals surface area contributed by atoms with Gasteiger partial charge in [0.25, 0.3) is 0 Å². The Morgan fingerprint density at radius 2 is 1.81 bits per heavy atom. The molecule has 0 aliphatic heterocycles. The van der Waals surface area contributed by atoms with Gasteiger partial charge in [0.15, 0.2) is 11.5 Å². The molecule has 2 rings (SSSR count). The van der Waals surface area contributed by atoms with Gasteiger partial charge < -0.3 is 14.8 Å². The molecule has 0 aliphatic carbocycles. The van der Waals surface area contributed by atoms with Crippen LogP contribution in [0.5, 0.6) is 17.2 Å². The fourth-order valence-electron chi connectivity index (χ4n) is 2.22. The second-order valence-corrected chi connectivity index (χ2v) is 4.99. The lowest BCUT2D eigenvalue weighted by molar-refractivity contribution is 0.375. The van der Waals surface area contributed by atoms with Crippen molar-refractivity contribution in [2.45, 2.75) is 26.3 Å². The first-order chi connectivity index (χ1) is 10.2. The van der Waals surface area contributed by atoms with E-state index in [1.54, 1.807) is 7.11 Å². The van der Waals surface area contributed by atoms with E-state index in [1.807, 2.05) is 37.4 Å². The summed E-state index contributed by atoms with van der Waals surface area (Å²) in [6, 6.07) is 14.4. The van der Waals surface area contributed by atoms with Crippen LogP contribution < -0.4 is 14.8 Å². The van der Waals surface area contributed by atoms with Crippen LogP contribution in [-0.4, -0.2) is 14.2 Å². The average Bonchev–Trinajstić information content (AvgIpc) is 2.55. The fraction of sp³-hybridized carbons (Fsp3) is 0.333. The average molecular weight is 285 g/mol. The molecule has 1 unspecified atom stereocenters. The normalized spacial score (nSPS) is 12.0. The highest BCUT2D eigenvalue weighted by atomic mass is 16.5. The Labute approximate surface area is 126 Å². The molecule has 0 saturated carbocycles. The van der Waals surface area contributed by atoms with Gasteiger partial charge in [-0.05, 0) is 44.2 Å². The lowest BCUT2D eigenvalue weighted by Gasteiger charge is -2.17. The van der Waals surface area contributed by atoms with Crippen LogP contribution in [-0.2, 0) is 6.42 Å². The maximum absolute atomic E-state index is 6.09. The van der Waals surface area contributed by atoms with E-state index < -0.39 is 0 Å². The van der Waals surface area contributed by atoms with E-state index in [0.717, 1.165) is 29.2 Å². The Morgan fingerprint density at radius 3 is 2.48 bits per heavy atom. The highest BCUT2D eigenvalue weighted by Gasteiger charge is 2.12. The summed E-state index contributed by atoms with van der Waals surface area (Å²) >= 11 is 0. The molecule has 0 aliphatic rings. The van der Waals surface area contributed by atoms with Gasteiger partial charge in [0, 0.05) is 11.6 Å². The number of methoxy groups -OCH3 is 1. The summed E-state index contributed by atoms with van der Waals surface area (Å²) in [5.41, 5.74) is 2.36. The van der Waals surface area contributed by atoms with Crippen molar-refractivity contribution in [1.29, 1.82) is 0 Å². The van der Waals surface area contributed by atoms with Crippen molar-refractivity contribution >= 4 is 0 Å². The van der Waals surface area contributed by atoms with Crippen LogP contribution in [0.4, 0.5) is 0 Å². The van der Waals surface area contributed by atoms with Crippen LogP contribution in [0.15, 0.2) is 42.5 Å². The second-order valence-electron chi connectivity index (χ2n) is 4.99. The molecule has 0 saturated heterocycles. The molecule has 0 heterocycles. The topological polar surface area (TPSA) is 30.5 Å². The van der Waals surface area contributed by atoms with Crippen LogP contribution >= 0.6 is 0 Å². The summed E-state index contributed by atoms with van der Waals surface area (Å²) < 4.78 is 11.5. The van der Waals surface area contributed by atoms with Gasteiger partial charge in [0.05, 0.1) is 7.11 Å². The number of ether oxygens (including phenoxy) is 2. The predicted molar refractivity (Wildman–Crippen MR) is 86.4 cm³/mol. The van der Waals surface area contributed by atoms with Crippen molar-refractivity contribution in [2.24, 2.45) is 0 Å². The highest BCUT2D eigenvalue weighted by Crippen LogP contribution is 2.35. The van der Waals surface area contributed by atoms with Gasteiger partial charge in [0.2, 0.25) is 0 Å². The van der Waals surface area contributed by atoms with E-state index >= 15 is 0 Å². The molecule has 112 valence electrons. The molecule has 21 heavy (non-hydrogen) atoms. The summed E-state index contributed by atoms with van der Waals surface area (Å²) in [7, 11) is 3.61. The van der Waals surface area contributed by atoms with Crippen LogP contribution in [0, 0.1) is 0 Å². The van der Waals surface area contributed by atoms with Crippen LogP contribution in [0.25, 0.3) is 0 Å². The molecular formula is C18H23NO2. The third-order valence-electron chi connectivity index (χ3n) is 3.67. The van der Waals surface area contributed by atoms with Gasteiger partial charge in [-0.1, -0.05) is 31.2 Å². The van der Waals surface area contributed by atoms with Crippen molar-refractivity contribution in [1.82, 2.24) is 5.32 Å². The maximum Gasteiger partial charge on any atom is 0.169 e. The zero-order chi connectivity index (χ0) is 15.2. The molecule has 2 aromatic carbocycles. The Morgan fingerprint density at radius 1 is 1.05 bits per heavy atom. The number of hydrogen-bond acceptors (Lipinski definition) is 3. The number of aryl methyl sites for hydroxylation is 1. The zero-order valence-corrected chi connectivity index (χ0v) is 13.1. The van der Waals surface area contributed by atoms with E-state index in [9.17, 15) is 0 Å². The molecule has 0 radical (unpaired) electrons. The molecular weight excluding hydrogens is 262 g/mol. The minimum Gasteiger partial charge on any atom is -0.493 e. The van der Waals surface area contributed by atoms with Crippen molar-refractivity contribution in [3.63, 3.8) is 0 Å². The number of para-hydroxylation sites is 1. The fourth-order valence-corrected chi connectivity index (χ4v) is 2.22. The predicted octanol–water partition coefficient (Wildman–Crippen LogP) is 4.33. The van der Waals surface area contributed by atoms with E-state index in [-0.39, 0.29) is 6.04 Å². The summed E-state index contributed by atoms with van der Waals surface area (Å²) in [6.07, 6.45) is 0.976. The molecule has 1 N–H and O–H groups in total. The summed E-state index contributed by atoms with van der Waals surface area (Å²) in [6.45, 7) is 4.23. The molecule has 0 aromatic heterocycles. The Hall–Kier alpha value is -2.00. The van der Waals surface area contributed by atoms with E-state index in [1.165, 1.54) is 5.56 Å². The van der Waals surface area contributed by atoms with Gasteiger partial charge in [-0.15, -0.1) is 0 Å². The van der Waals surface area contributed by atoms with Crippen LogP contribution in [0.2, 0.25) is 0 Å². The zero-order valence-electron chi connectivity index (χ0n) is 13.1. The monoisotopic (exact) mass is 285 g/mol.